The molecule has 1 aliphatic heterocycles. The number of benzene rings is 2. The van der Waals surface area contributed by atoms with Crippen molar-refractivity contribution in [2.75, 3.05) is 32.6 Å². The monoisotopic (exact) mass is 376 g/mol. The van der Waals surface area contributed by atoms with Gasteiger partial charge in [0.15, 0.2) is 0 Å². The van der Waals surface area contributed by atoms with Crippen LogP contribution in [0.4, 0.5) is 14.5 Å². The van der Waals surface area contributed by atoms with Gasteiger partial charge in [-0.2, -0.15) is 0 Å². The highest BCUT2D eigenvalue weighted by Crippen LogP contribution is 2.38. The number of amides is 1. The molecule has 3 rings (SSSR count). The van der Waals surface area contributed by atoms with E-state index < -0.39 is 17.5 Å². The van der Waals surface area contributed by atoms with Gasteiger partial charge in [0, 0.05) is 17.7 Å². The largest absolute Gasteiger partial charge is 0.497 e. The second kappa shape index (κ2) is 8.35. The third-order valence-electron chi connectivity index (χ3n) is 4.71. The minimum Gasteiger partial charge on any atom is -0.497 e. The van der Waals surface area contributed by atoms with E-state index in [1.807, 2.05) is 23.1 Å². The highest BCUT2D eigenvalue weighted by atomic mass is 19.1. The van der Waals surface area contributed by atoms with Crippen LogP contribution in [0, 0.1) is 11.6 Å². The number of rotatable bonds is 6. The molecule has 1 fully saturated rings. The second-order valence-electron chi connectivity index (χ2n) is 6.41. The van der Waals surface area contributed by atoms with Crippen LogP contribution in [-0.4, -0.2) is 38.1 Å². The summed E-state index contributed by atoms with van der Waals surface area (Å²) in [5, 5.41) is 2.45. The number of hydrogen-bond donors (Lipinski definition) is 1. The highest BCUT2D eigenvalue weighted by molar-refractivity contribution is 5.92. The first kappa shape index (κ1) is 19.1. The number of nitrogens with one attached hydrogen (secondary N) is 1. The zero-order valence-electron chi connectivity index (χ0n) is 15.3. The molecule has 0 saturated carbocycles. The van der Waals surface area contributed by atoms with E-state index >= 15 is 0 Å². The van der Waals surface area contributed by atoms with E-state index in [1.165, 1.54) is 0 Å². The van der Waals surface area contributed by atoms with Crippen LogP contribution in [0.1, 0.15) is 24.4 Å². The van der Waals surface area contributed by atoms with Crippen molar-refractivity contribution < 1.29 is 23.0 Å². The molecule has 7 heteroatoms. The summed E-state index contributed by atoms with van der Waals surface area (Å²) < 4.78 is 37.8. The molecule has 1 aliphatic rings. The van der Waals surface area contributed by atoms with Crippen molar-refractivity contribution in [2.24, 2.45) is 0 Å². The van der Waals surface area contributed by atoms with Crippen molar-refractivity contribution >= 4 is 11.6 Å². The Morgan fingerprint density at radius 1 is 1.19 bits per heavy atom. The van der Waals surface area contributed by atoms with Crippen molar-refractivity contribution in [3.05, 3.63) is 53.6 Å². The van der Waals surface area contributed by atoms with Gasteiger partial charge in [0.05, 0.1) is 26.5 Å². The first-order valence-corrected chi connectivity index (χ1v) is 8.72. The lowest BCUT2D eigenvalue weighted by Crippen LogP contribution is -2.33. The fraction of sp³-hybridized carbons (Fsp3) is 0.350. The number of halogens is 2. The summed E-state index contributed by atoms with van der Waals surface area (Å²) in [7, 11) is 3.20. The zero-order chi connectivity index (χ0) is 19.4. The smallest absolute Gasteiger partial charge is 0.238 e. The standard InChI is InChI=1S/C20H22F2N2O3/c1-26-14-6-8-19(27-2)15(11-14)18-4-3-9-24(18)12-20(25)23-17-10-13(21)5-7-16(17)22/h5-8,10-11,18H,3-4,9,12H2,1-2H3,(H,23,25). The van der Waals surface area contributed by atoms with E-state index in [0.29, 0.717) is 5.75 Å². The number of likely N-dealkylation sites (tertiary alicyclic amines) is 1. The SMILES string of the molecule is COc1ccc(OC)c(C2CCCN2CC(=O)Nc2cc(F)ccc2F)c1. The van der Waals surface area contributed by atoms with Crippen LogP contribution in [0.15, 0.2) is 36.4 Å². The molecular weight excluding hydrogens is 354 g/mol. The predicted molar refractivity (Wildman–Crippen MR) is 98.1 cm³/mol. The van der Waals surface area contributed by atoms with Crippen molar-refractivity contribution in [3.63, 3.8) is 0 Å². The normalized spacial score (nSPS) is 17.0. The Kier molecular flexibility index (Phi) is 5.91. The van der Waals surface area contributed by atoms with E-state index in [-0.39, 0.29) is 18.3 Å². The number of ether oxygens (including phenoxy) is 2. The maximum atomic E-state index is 13.7. The molecule has 1 saturated heterocycles. The molecule has 2 aromatic carbocycles. The average molecular weight is 376 g/mol. The number of methoxy groups -OCH3 is 2. The van der Waals surface area contributed by atoms with E-state index in [2.05, 4.69) is 5.32 Å². The zero-order valence-corrected chi connectivity index (χ0v) is 15.3. The molecule has 5 nitrogen and oxygen atoms in total. The van der Waals surface area contributed by atoms with Gasteiger partial charge in [-0.15, -0.1) is 0 Å². The third kappa shape index (κ3) is 4.36. The maximum absolute atomic E-state index is 13.7. The molecule has 1 atom stereocenters. The summed E-state index contributed by atoms with van der Waals surface area (Å²) in [6.07, 6.45) is 1.79. The first-order chi connectivity index (χ1) is 13.0. The summed E-state index contributed by atoms with van der Waals surface area (Å²) in [6, 6.07) is 8.53. The van der Waals surface area contributed by atoms with Crippen LogP contribution in [0.5, 0.6) is 11.5 Å². The van der Waals surface area contributed by atoms with Gasteiger partial charge >= 0.3 is 0 Å². The van der Waals surface area contributed by atoms with Gasteiger partial charge in [-0.1, -0.05) is 0 Å². The number of anilines is 1. The van der Waals surface area contributed by atoms with E-state index in [9.17, 15) is 13.6 Å². The minimum absolute atomic E-state index is 0.0156. The van der Waals surface area contributed by atoms with Gasteiger partial charge in [-0.3, -0.25) is 9.69 Å². The van der Waals surface area contributed by atoms with Crippen LogP contribution in [0.25, 0.3) is 0 Å². The molecule has 1 heterocycles. The minimum atomic E-state index is -0.669. The highest BCUT2D eigenvalue weighted by Gasteiger charge is 2.30. The molecule has 0 aromatic heterocycles. The quantitative estimate of drug-likeness (QED) is 0.834. The van der Waals surface area contributed by atoms with Gasteiger partial charge < -0.3 is 14.8 Å². The Bertz CT molecular complexity index is 829. The Labute approximate surface area is 156 Å². The molecule has 1 N–H and O–H groups in total. The molecular formula is C20H22F2N2O3. The van der Waals surface area contributed by atoms with Crippen LogP contribution in [-0.2, 0) is 4.79 Å². The van der Waals surface area contributed by atoms with Crippen LogP contribution in [0.3, 0.4) is 0 Å². The fourth-order valence-electron chi connectivity index (χ4n) is 3.43. The summed E-state index contributed by atoms with van der Waals surface area (Å²) in [5.74, 6) is -0.231. The molecule has 1 amide bonds. The van der Waals surface area contributed by atoms with Crippen LogP contribution >= 0.6 is 0 Å². The van der Waals surface area contributed by atoms with E-state index in [1.54, 1.807) is 14.2 Å². The van der Waals surface area contributed by atoms with Crippen molar-refractivity contribution in [2.45, 2.75) is 18.9 Å². The van der Waals surface area contributed by atoms with E-state index in [0.717, 1.165) is 48.9 Å². The Balaban J connectivity index is 1.75. The topological polar surface area (TPSA) is 50.8 Å². The summed E-state index contributed by atoms with van der Waals surface area (Å²) >= 11 is 0. The van der Waals surface area contributed by atoms with E-state index in [4.69, 9.17) is 9.47 Å². The number of carbonyl (C=O) groups is 1. The van der Waals surface area contributed by atoms with Crippen LogP contribution < -0.4 is 14.8 Å². The van der Waals surface area contributed by atoms with Gasteiger partial charge in [-0.25, -0.2) is 8.78 Å². The number of carbonyl (C=O) groups excluding carboxylic acids is 1. The lowest BCUT2D eigenvalue weighted by Gasteiger charge is -2.26. The first-order valence-electron chi connectivity index (χ1n) is 8.72. The van der Waals surface area contributed by atoms with Crippen LogP contribution in [0.2, 0.25) is 0 Å². The Hall–Kier alpha value is -2.67. The molecule has 0 spiro atoms. The summed E-state index contributed by atoms with van der Waals surface area (Å²) in [6.45, 7) is 0.797. The summed E-state index contributed by atoms with van der Waals surface area (Å²) in [4.78, 5) is 14.4. The molecule has 0 radical (unpaired) electrons. The lowest BCUT2D eigenvalue weighted by molar-refractivity contribution is -0.117. The van der Waals surface area contributed by atoms with Gasteiger partial charge in [-0.05, 0) is 49.7 Å². The van der Waals surface area contributed by atoms with Crippen molar-refractivity contribution in [1.82, 2.24) is 4.90 Å². The Morgan fingerprint density at radius 3 is 2.74 bits per heavy atom. The average Bonchev–Trinajstić information content (AvgIpc) is 3.11. The molecule has 1 unspecified atom stereocenters. The van der Waals surface area contributed by atoms with Gasteiger partial charge in [0.2, 0.25) is 5.91 Å². The molecule has 0 bridgehead atoms. The molecule has 27 heavy (non-hydrogen) atoms. The van der Waals surface area contributed by atoms with Gasteiger partial charge in [0.25, 0.3) is 0 Å². The molecule has 2 aromatic rings. The Morgan fingerprint density at radius 2 is 2.00 bits per heavy atom. The predicted octanol–water partition coefficient (Wildman–Crippen LogP) is 3.76. The maximum Gasteiger partial charge on any atom is 0.238 e. The number of hydrogen-bond acceptors (Lipinski definition) is 4. The van der Waals surface area contributed by atoms with Crippen molar-refractivity contribution in [3.8, 4) is 11.5 Å². The van der Waals surface area contributed by atoms with Gasteiger partial charge in [0.1, 0.15) is 23.1 Å². The summed E-state index contributed by atoms with van der Waals surface area (Å²) in [5.41, 5.74) is 0.786. The second-order valence-corrected chi connectivity index (χ2v) is 6.41. The molecule has 0 aliphatic carbocycles. The lowest BCUT2D eigenvalue weighted by atomic mass is 10.0. The fourth-order valence-corrected chi connectivity index (χ4v) is 3.43. The van der Waals surface area contributed by atoms with Crippen molar-refractivity contribution in [1.29, 1.82) is 0 Å². The molecule has 144 valence electrons. The number of nitrogens with zero attached hydrogens (tertiary/aromatic N) is 1. The third-order valence-corrected chi connectivity index (χ3v) is 4.71.